The maximum absolute atomic E-state index is 12.3. The number of benzene rings is 1. The molecule has 0 bridgehead atoms. The van der Waals surface area contributed by atoms with Crippen LogP contribution in [0.2, 0.25) is 0 Å². The van der Waals surface area contributed by atoms with Gasteiger partial charge in [0.2, 0.25) is 5.91 Å². The summed E-state index contributed by atoms with van der Waals surface area (Å²) in [6, 6.07) is 11.3. The first kappa shape index (κ1) is 17.0. The lowest BCUT2D eigenvalue weighted by molar-refractivity contribution is -0.121. The SMILES string of the molecule is Cc1nc2cc(=O)[nH]n2c(C)c1CCC(=O)N[C@H](C)c1ccccc1. The van der Waals surface area contributed by atoms with E-state index < -0.39 is 0 Å². The highest BCUT2D eigenvalue weighted by Crippen LogP contribution is 2.16. The molecule has 3 rings (SSSR count). The highest BCUT2D eigenvalue weighted by molar-refractivity contribution is 5.76. The Bertz CT molecular complexity index is 957. The first-order chi connectivity index (χ1) is 12.0. The lowest BCUT2D eigenvalue weighted by Crippen LogP contribution is -2.27. The van der Waals surface area contributed by atoms with Gasteiger partial charge in [0.15, 0.2) is 5.65 Å². The van der Waals surface area contributed by atoms with Crippen LogP contribution in [0.3, 0.4) is 0 Å². The summed E-state index contributed by atoms with van der Waals surface area (Å²) in [6.45, 7) is 5.81. The summed E-state index contributed by atoms with van der Waals surface area (Å²) in [6.07, 6.45) is 0.950. The van der Waals surface area contributed by atoms with E-state index in [0.717, 1.165) is 22.5 Å². The van der Waals surface area contributed by atoms with Gasteiger partial charge in [-0.05, 0) is 38.3 Å². The molecule has 1 aromatic carbocycles. The van der Waals surface area contributed by atoms with E-state index in [1.165, 1.54) is 6.07 Å². The highest BCUT2D eigenvalue weighted by Gasteiger charge is 2.14. The number of rotatable bonds is 5. The molecule has 0 saturated heterocycles. The number of fused-ring (bicyclic) bond motifs is 1. The van der Waals surface area contributed by atoms with Crippen LogP contribution in [0.15, 0.2) is 41.2 Å². The Kier molecular flexibility index (Phi) is 4.70. The number of carbonyl (C=O) groups is 1. The number of hydrogen-bond donors (Lipinski definition) is 2. The molecule has 6 heteroatoms. The van der Waals surface area contributed by atoms with Crippen molar-refractivity contribution in [2.24, 2.45) is 0 Å². The van der Waals surface area contributed by atoms with Crippen LogP contribution in [0.5, 0.6) is 0 Å². The van der Waals surface area contributed by atoms with Crippen LogP contribution in [0.4, 0.5) is 0 Å². The molecule has 0 aliphatic carbocycles. The third-order valence-electron chi connectivity index (χ3n) is 4.48. The molecule has 0 spiro atoms. The summed E-state index contributed by atoms with van der Waals surface area (Å²) in [5, 5.41) is 5.76. The number of aromatic nitrogens is 3. The molecule has 1 atom stereocenters. The van der Waals surface area contributed by atoms with Gasteiger partial charge in [0, 0.05) is 23.9 Å². The van der Waals surface area contributed by atoms with Crippen molar-refractivity contribution < 1.29 is 4.79 Å². The molecule has 130 valence electrons. The lowest BCUT2D eigenvalue weighted by Gasteiger charge is -2.15. The Morgan fingerprint density at radius 1 is 1.28 bits per heavy atom. The van der Waals surface area contributed by atoms with Crippen molar-refractivity contribution in [1.82, 2.24) is 19.9 Å². The standard InChI is InChI=1S/C19H22N4O2/c1-12(15-7-5-4-6-8-15)21-18(24)10-9-16-13(2)20-17-11-19(25)22-23(17)14(16)3/h4-8,11-12H,9-10H2,1-3H3,(H,21,24)(H,22,25)/t12-/m1/s1. The fraction of sp³-hybridized carbons (Fsp3) is 0.316. The third kappa shape index (κ3) is 3.63. The molecule has 0 unspecified atom stereocenters. The number of aryl methyl sites for hydroxylation is 2. The minimum Gasteiger partial charge on any atom is -0.350 e. The number of amides is 1. The fourth-order valence-corrected chi connectivity index (χ4v) is 3.09. The molecule has 2 heterocycles. The maximum Gasteiger partial charge on any atom is 0.266 e. The molecule has 0 fully saturated rings. The van der Waals surface area contributed by atoms with Gasteiger partial charge in [0.1, 0.15) is 0 Å². The molecule has 0 saturated carbocycles. The summed E-state index contributed by atoms with van der Waals surface area (Å²) in [5.41, 5.74) is 4.25. The quantitative estimate of drug-likeness (QED) is 0.750. The van der Waals surface area contributed by atoms with Gasteiger partial charge >= 0.3 is 0 Å². The smallest absolute Gasteiger partial charge is 0.266 e. The Morgan fingerprint density at radius 2 is 2.00 bits per heavy atom. The predicted molar refractivity (Wildman–Crippen MR) is 96.6 cm³/mol. The molecule has 2 aromatic heterocycles. The zero-order valence-corrected chi connectivity index (χ0v) is 14.7. The second-order valence-electron chi connectivity index (χ2n) is 6.28. The molecular formula is C19H22N4O2. The molecule has 0 radical (unpaired) electrons. The molecule has 3 aromatic rings. The number of nitrogens with one attached hydrogen (secondary N) is 2. The van der Waals surface area contributed by atoms with E-state index in [1.807, 2.05) is 51.1 Å². The largest absolute Gasteiger partial charge is 0.350 e. The predicted octanol–water partition coefficient (Wildman–Crippen LogP) is 2.45. The number of nitrogens with zero attached hydrogens (tertiary/aromatic N) is 2. The van der Waals surface area contributed by atoms with Crippen LogP contribution in [0.1, 0.15) is 41.9 Å². The van der Waals surface area contributed by atoms with Gasteiger partial charge in [-0.1, -0.05) is 30.3 Å². The summed E-state index contributed by atoms with van der Waals surface area (Å²) in [4.78, 5) is 28.2. The van der Waals surface area contributed by atoms with E-state index in [2.05, 4.69) is 15.4 Å². The molecule has 0 aliphatic rings. The summed E-state index contributed by atoms with van der Waals surface area (Å²) < 4.78 is 1.68. The van der Waals surface area contributed by atoms with Crippen molar-refractivity contribution in [1.29, 1.82) is 0 Å². The molecular weight excluding hydrogens is 316 g/mol. The second kappa shape index (κ2) is 6.93. The minimum atomic E-state index is -0.179. The van der Waals surface area contributed by atoms with Gasteiger partial charge in [-0.2, -0.15) is 0 Å². The Morgan fingerprint density at radius 3 is 2.72 bits per heavy atom. The van der Waals surface area contributed by atoms with Crippen molar-refractivity contribution in [2.75, 3.05) is 0 Å². The van der Waals surface area contributed by atoms with E-state index >= 15 is 0 Å². The maximum atomic E-state index is 12.3. The van der Waals surface area contributed by atoms with Gasteiger partial charge in [-0.15, -0.1) is 0 Å². The van der Waals surface area contributed by atoms with Gasteiger partial charge < -0.3 is 5.32 Å². The van der Waals surface area contributed by atoms with E-state index in [4.69, 9.17) is 0 Å². The molecule has 2 N–H and O–H groups in total. The van der Waals surface area contributed by atoms with Crippen molar-refractivity contribution >= 4 is 11.6 Å². The molecule has 0 aliphatic heterocycles. The third-order valence-corrected chi connectivity index (χ3v) is 4.48. The van der Waals surface area contributed by atoms with Crippen LogP contribution in [0.25, 0.3) is 5.65 Å². The van der Waals surface area contributed by atoms with Gasteiger partial charge in [0.05, 0.1) is 6.04 Å². The number of hydrogen-bond acceptors (Lipinski definition) is 3. The van der Waals surface area contributed by atoms with E-state index in [9.17, 15) is 9.59 Å². The van der Waals surface area contributed by atoms with Crippen LogP contribution in [-0.2, 0) is 11.2 Å². The van der Waals surface area contributed by atoms with Gasteiger partial charge in [0.25, 0.3) is 5.56 Å². The van der Waals surface area contributed by atoms with Crippen LogP contribution in [-0.4, -0.2) is 20.5 Å². The Balaban J connectivity index is 1.70. The van der Waals surface area contributed by atoms with Crippen molar-refractivity contribution in [2.45, 2.75) is 39.7 Å². The zero-order chi connectivity index (χ0) is 18.0. The Labute approximate surface area is 145 Å². The highest BCUT2D eigenvalue weighted by atomic mass is 16.1. The number of carbonyl (C=O) groups excluding carboxylic acids is 1. The monoisotopic (exact) mass is 338 g/mol. The lowest BCUT2D eigenvalue weighted by atomic mass is 10.1. The minimum absolute atomic E-state index is 0.00347. The summed E-state index contributed by atoms with van der Waals surface area (Å²) in [5.74, 6) is -0.00347. The van der Waals surface area contributed by atoms with Crippen LogP contribution < -0.4 is 10.9 Å². The average molecular weight is 338 g/mol. The summed E-state index contributed by atoms with van der Waals surface area (Å²) in [7, 11) is 0. The van der Waals surface area contributed by atoms with Crippen molar-refractivity contribution in [3.05, 3.63) is 69.3 Å². The number of H-pyrrole nitrogens is 1. The van der Waals surface area contributed by atoms with Crippen LogP contribution in [0, 0.1) is 13.8 Å². The number of aromatic amines is 1. The van der Waals surface area contributed by atoms with Gasteiger partial charge in [-0.25, -0.2) is 9.50 Å². The summed E-state index contributed by atoms with van der Waals surface area (Å²) >= 11 is 0. The first-order valence-corrected chi connectivity index (χ1v) is 8.38. The average Bonchev–Trinajstić information content (AvgIpc) is 2.96. The van der Waals surface area contributed by atoms with Gasteiger partial charge in [-0.3, -0.25) is 14.7 Å². The van der Waals surface area contributed by atoms with Crippen LogP contribution >= 0.6 is 0 Å². The zero-order valence-electron chi connectivity index (χ0n) is 14.7. The normalized spacial score (nSPS) is 12.3. The van der Waals surface area contributed by atoms with Crippen molar-refractivity contribution in [3.8, 4) is 0 Å². The van der Waals surface area contributed by atoms with E-state index in [0.29, 0.717) is 18.5 Å². The second-order valence-corrected chi connectivity index (χ2v) is 6.28. The Hall–Kier alpha value is -2.89. The van der Waals surface area contributed by atoms with E-state index in [1.54, 1.807) is 4.52 Å². The molecule has 1 amide bonds. The topological polar surface area (TPSA) is 79.3 Å². The van der Waals surface area contributed by atoms with Crippen molar-refractivity contribution in [3.63, 3.8) is 0 Å². The van der Waals surface area contributed by atoms with E-state index in [-0.39, 0.29) is 17.5 Å². The molecule has 25 heavy (non-hydrogen) atoms. The fourth-order valence-electron chi connectivity index (χ4n) is 3.09. The molecule has 6 nitrogen and oxygen atoms in total. The first-order valence-electron chi connectivity index (χ1n) is 8.38.